The number of urea groups is 1. The van der Waals surface area contributed by atoms with E-state index in [9.17, 15) is 24.0 Å². The average molecular weight is 566 g/mol. The molecule has 4 aliphatic rings. The number of barbiturate groups is 1. The first-order chi connectivity index (χ1) is 19.5. The first kappa shape index (κ1) is 28.6. The standard InChI is InChI=1S/C30H39N5O6/c1-3-4-13-33-26(38)24(25(31)32)27(39)35(28(33)40)20-9-11-29(12-10-20)17-30(18-29)14-22(36)34(23(37)15-30)16-19-5-7-21(41-2)8-6-19/h5-8,20H,3-4,9-18,31-32H2,1-2H3. The molecular formula is C30H39N5O6. The minimum absolute atomic E-state index is 0.0135. The predicted octanol–water partition coefficient (Wildman–Crippen LogP) is 2.77. The van der Waals surface area contributed by atoms with Crippen molar-refractivity contribution in [3.63, 3.8) is 0 Å². The van der Waals surface area contributed by atoms with Gasteiger partial charge < -0.3 is 16.2 Å². The Morgan fingerprint density at radius 2 is 1.51 bits per heavy atom. The van der Waals surface area contributed by atoms with E-state index in [0.29, 0.717) is 32.1 Å². The van der Waals surface area contributed by atoms with Gasteiger partial charge in [-0.3, -0.25) is 33.9 Å². The number of likely N-dealkylation sites (tertiary alicyclic amines) is 1. The van der Waals surface area contributed by atoms with Gasteiger partial charge in [-0.25, -0.2) is 4.79 Å². The van der Waals surface area contributed by atoms with E-state index < -0.39 is 17.8 Å². The van der Waals surface area contributed by atoms with E-state index >= 15 is 0 Å². The normalized spacial score (nSPS) is 22.5. The van der Waals surface area contributed by atoms with Crippen LogP contribution in [0.15, 0.2) is 35.7 Å². The highest BCUT2D eigenvalue weighted by atomic mass is 16.5. The van der Waals surface area contributed by atoms with Crippen LogP contribution in [-0.4, -0.2) is 64.1 Å². The van der Waals surface area contributed by atoms with Crippen molar-refractivity contribution in [1.29, 1.82) is 0 Å². The van der Waals surface area contributed by atoms with Crippen molar-refractivity contribution in [1.82, 2.24) is 14.7 Å². The summed E-state index contributed by atoms with van der Waals surface area (Å²) in [6.07, 6.45) is 6.38. The van der Waals surface area contributed by atoms with Gasteiger partial charge in [0.1, 0.15) is 17.1 Å². The van der Waals surface area contributed by atoms with Gasteiger partial charge in [0, 0.05) is 25.4 Å². The zero-order valence-corrected chi connectivity index (χ0v) is 23.8. The summed E-state index contributed by atoms with van der Waals surface area (Å²) in [4.78, 5) is 69.2. The summed E-state index contributed by atoms with van der Waals surface area (Å²) in [7, 11) is 1.59. The lowest BCUT2D eigenvalue weighted by Crippen LogP contribution is -2.62. The number of carbonyl (C=O) groups is 5. The van der Waals surface area contributed by atoms with Crippen molar-refractivity contribution in [3.05, 3.63) is 41.2 Å². The third-order valence-electron chi connectivity index (χ3n) is 9.39. The highest BCUT2D eigenvalue weighted by Gasteiger charge is 2.59. The van der Waals surface area contributed by atoms with E-state index in [1.54, 1.807) is 7.11 Å². The number of rotatable bonds is 7. The zero-order chi connectivity index (χ0) is 29.5. The number of ether oxygens (including phenoxy) is 1. The smallest absolute Gasteiger partial charge is 0.334 e. The third kappa shape index (κ3) is 5.17. The molecule has 11 nitrogen and oxygen atoms in total. The summed E-state index contributed by atoms with van der Waals surface area (Å²) in [6.45, 7) is 2.41. The summed E-state index contributed by atoms with van der Waals surface area (Å²) < 4.78 is 5.18. The molecule has 0 aromatic heterocycles. The maximum atomic E-state index is 13.3. The van der Waals surface area contributed by atoms with Crippen molar-refractivity contribution in [2.45, 2.75) is 83.7 Å². The van der Waals surface area contributed by atoms with Crippen LogP contribution in [0.1, 0.15) is 76.7 Å². The Bertz CT molecular complexity index is 1260. The van der Waals surface area contributed by atoms with Gasteiger partial charge in [-0.15, -0.1) is 0 Å². The lowest BCUT2D eigenvalue weighted by molar-refractivity contribution is -0.168. The number of methoxy groups -OCH3 is 1. The highest BCUT2D eigenvalue weighted by Crippen LogP contribution is 2.65. The third-order valence-corrected chi connectivity index (χ3v) is 9.39. The summed E-state index contributed by atoms with van der Waals surface area (Å²) in [5.41, 5.74) is 11.6. The van der Waals surface area contributed by atoms with Crippen LogP contribution in [0.25, 0.3) is 0 Å². The SMILES string of the molecule is CCCCN1C(=O)C(=C(N)N)C(=O)N(C2CCC3(CC2)CC2(CC(=O)N(Cc4ccc(OC)cc4)C(=O)C2)C3)C1=O. The summed E-state index contributed by atoms with van der Waals surface area (Å²) >= 11 is 0. The lowest BCUT2D eigenvalue weighted by atomic mass is 9.45. The van der Waals surface area contributed by atoms with Gasteiger partial charge in [0.2, 0.25) is 11.8 Å². The summed E-state index contributed by atoms with van der Waals surface area (Å²) in [5, 5.41) is 0. The Hall–Kier alpha value is -3.89. The van der Waals surface area contributed by atoms with Crippen molar-refractivity contribution >= 4 is 29.7 Å². The molecule has 4 fully saturated rings. The molecule has 2 heterocycles. The predicted molar refractivity (Wildman–Crippen MR) is 148 cm³/mol. The van der Waals surface area contributed by atoms with E-state index in [1.165, 1.54) is 9.80 Å². The van der Waals surface area contributed by atoms with Crippen LogP contribution in [-0.2, 0) is 25.7 Å². The van der Waals surface area contributed by atoms with Crippen LogP contribution < -0.4 is 16.2 Å². The molecule has 4 N–H and O–H groups in total. The van der Waals surface area contributed by atoms with Gasteiger partial charge in [0.05, 0.1) is 13.7 Å². The molecular weight excluding hydrogens is 526 g/mol. The zero-order valence-electron chi connectivity index (χ0n) is 23.8. The van der Waals surface area contributed by atoms with Crippen LogP contribution in [0.4, 0.5) is 4.79 Å². The fourth-order valence-corrected chi connectivity index (χ4v) is 7.47. The largest absolute Gasteiger partial charge is 0.497 e. The molecule has 0 bridgehead atoms. The van der Waals surface area contributed by atoms with Gasteiger partial charge in [-0.1, -0.05) is 25.5 Å². The van der Waals surface area contributed by atoms with Gasteiger partial charge in [-0.2, -0.15) is 0 Å². The van der Waals surface area contributed by atoms with Crippen LogP contribution >= 0.6 is 0 Å². The quantitative estimate of drug-likeness (QED) is 0.290. The number of hydrogen-bond donors (Lipinski definition) is 2. The van der Waals surface area contributed by atoms with E-state index in [0.717, 1.165) is 48.3 Å². The number of benzene rings is 1. The Balaban J connectivity index is 1.21. The number of unbranched alkanes of at least 4 members (excludes halogenated alkanes) is 1. The molecule has 220 valence electrons. The first-order valence-electron chi connectivity index (χ1n) is 14.4. The number of amides is 6. The van der Waals surface area contributed by atoms with Crippen molar-refractivity contribution in [3.8, 4) is 5.75 Å². The van der Waals surface area contributed by atoms with Crippen molar-refractivity contribution in [2.75, 3.05) is 13.7 Å². The molecule has 0 unspecified atom stereocenters. The van der Waals surface area contributed by atoms with Gasteiger partial charge in [-0.05, 0) is 73.5 Å². The van der Waals surface area contributed by atoms with Crippen molar-refractivity contribution in [2.24, 2.45) is 22.3 Å². The molecule has 1 aromatic carbocycles. The first-order valence-corrected chi connectivity index (χ1v) is 14.4. The van der Waals surface area contributed by atoms with Gasteiger partial charge >= 0.3 is 6.03 Å². The Morgan fingerprint density at radius 1 is 0.902 bits per heavy atom. The fraction of sp³-hybridized carbons (Fsp3) is 0.567. The number of imide groups is 3. The topological polar surface area (TPSA) is 156 Å². The molecule has 2 aliphatic heterocycles. The number of nitrogens with zero attached hydrogens (tertiary/aromatic N) is 3. The number of carbonyl (C=O) groups excluding carboxylic acids is 5. The Morgan fingerprint density at radius 3 is 2.05 bits per heavy atom. The second kappa shape index (κ2) is 10.8. The molecule has 2 saturated heterocycles. The molecule has 5 rings (SSSR count). The fourth-order valence-electron chi connectivity index (χ4n) is 7.47. The van der Waals surface area contributed by atoms with Crippen LogP contribution in [0, 0.1) is 10.8 Å². The second-order valence-electron chi connectivity index (χ2n) is 12.3. The average Bonchev–Trinajstić information content (AvgIpc) is 2.91. The van der Waals surface area contributed by atoms with E-state index in [-0.39, 0.29) is 53.2 Å². The van der Waals surface area contributed by atoms with Crippen molar-refractivity contribution < 1.29 is 28.7 Å². The molecule has 1 aromatic rings. The molecule has 2 saturated carbocycles. The summed E-state index contributed by atoms with van der Waals surface area (Å²) in [6, 6.07) is 6.38. The molecule has 41 heavy (non-hydrogen) atoms. The van der Waals surface area contributed by atoms with Gasteiger partial charge in [0.25, 0.3) is 11.8 Å². The second-order valence-corrected chi connectivity index (χ2v) is 12.3. The van der Waals surface area contributed by atoms with Crippen LogP contribution in [0.3, 0.4) is 0 Å². The molecule has 2 spiro atoms. The minimum atomic E-state index is -0.731. The molecule has 11 heteroatoms. The van der Waals surface area contributed by atoms with Gasteiger partial charge in [0.15, 0.2) is 0 Å². The Kier molecular flexibility index (Phi) is 7.56. The number of piperidine rings is 1. The number of nitrogens with two attached hydrogens (primary N) is 2. The summed E-state index contributed by atoms with van der Waals surface area (Å²) in [5.74, 6) is -1.39. The van der Waals surface area contributed by atoms with E-state index in [4.69, 9.17) is 16.2 Å². The minimum Gasteiger partial charge on any atom is -0.497 e. The Labute approximate surface area is 239 Å². The van der Waals surface area contributed by atoms with Crippen LogP contribution in [0.5, 0.6) is 5.75 Å². The monoisotopic (exact) mass is 565 g/mol. The molecule has 6 amide bonds. The van der Waals surface area contributed by atoms with Crippen LogP contribution in [0.2, 0.25) is 0 Å². The maximum absolute atomic E-state index is 13.3. The highest BCUT2D eigenvalue weighted by molar-refractivity contribution is 6.29. The molecule has 0 radical (unpaired) electrons. The maximum Gasteiger partial charge on any atom is 0.334 e. The van der Waals surface area contributed by atoms with E-state index in [1.807, 2.05) is 31.2 Å². The molecule has 0 atom stereocenters. The molecule has 2 aliphatic carbocycles. The lowest BCUT2D eigenvalue weighted by Gasteiger charge is -2.60. The number of hydrogen-bond acceptors (Lipinski definition) is 8. The van der Waals surface area contributed by atoms with E-state index in [2.05, 4.69) is 0 Å².